The molecule has 0 amide bonds. The molecule has 7 nitrogen and oxygen atoms in total. The van der Waals surface area contributed by atoms with Crippen molar-refractivity contribution in [2.75, 3.05) is 26.0 Å². The van der Waals surface area contributed by atoms with Crippen LogP contribution in [0.15, 0.2) is 4.52 Å². The number of rotatable bonds is 3. The molecule has 18 heavy (non-hydrogen) atoms. The van der Waals surface area contributed by atoms with Crippen molar-refractivity contribution < 1.29 is 17.7 Å². The largest absolute Gasteiger partial charge is 0.378 e. The van der Waals surface area contributed by atoms with E-state index in [2.05, 4.69) is 15.5 Å². The molecule has 2 rings (SSSR count). The number of morpholine rings is 1. The summed E-state index contributed by atoms with van der Waals surface area (Å²) in [4.78, 5) is 4.17. The minimum atomic E-state index is -3.32. The number of hydrogen-bond donors (Lipinski definition) is 1. The molecular formula is C10H17N3O4S. The molecule has 0 aromatic carbocycles. The molecule has 2 heterocycles. The SMILES string of the molecule is CC(C)(c1nc(C2COCCN2)no1)S(C)(=O)=O. The molecule has 1 fully saturated rings. The molecule has 0 aliphatic carbocycles. The Balaban J connectivity index is 2.25. The minimum Gasteiger partial charge on any atom is -0.378 e. The Morgan fingerprint density at radius 2 is 2.17 bits per heavy atom. The van der Waals surface area contributed by atoms with Crippen molar-refractivity contribution in [2.45, 2.75) is 24.6 Å². The summed E-state index contributed by atoms with van der Waals surface area (Å²) in [5.74, 6) is 0.536. The zero-order valence-electron chi connectivity index (χ0n) is 10.6. The van der Waals surface area contributed by atoms with Crippen LogP contribution in [0.1, 0.15) is 31.6 Å². The molecule has 1 aliphatic heterocycles. The third kappa shape index (κ3) is 2.40. The zero-order valence-corrected chi connectivity index (χ0v) is 11.5. The summed E-state index contributed by atoms with van der Waals surface area (Å²) in [6.45, 7) is 4.91. The lowest BCUT2D eigenvalue weighted by molar-refractivity contribution is 0.0734. The van der Waals surface area contributed by atoms with Crippen LogP contribution in [0.4, 0.5) is 0 Å². The Morgan fingerprint density at radius 3 is 2.72 bits per heavy atom. The first-order valence-electron chi connectivity index (χ1n) is 5.67. The highest BCUT2D eigenvalue weighted by Crippen LogP contribution is 2.28. The van der Waals surface area contributed by atoms with E-state index in [4.69, 9.17) is 9.26 Å². The second-order valence-electron chi connectivity index (χ2n) is 4.82. The van der Waals surface area contributed by atoms with Gasteiger partial charge in [0, 0.05) is 12.8 Å². The predicted octanol–water partition coefficient (Wildman–Crippen LogP) is 0.0102. The molecule has 1 aromatic rings. The van der Waals surface area contributed by atoms with Gasteiger partial charge in [-0.2, -0.15) is 4.98 Å². The van der Waals surface area contributed by atoms with E-state index < -0.39 is 14.6 Å². The summed E-state index contributed by atoms with van der Waals surface area (Å²) in [5.41, 5.74) is 0. The quantitative estimate of drug-likeness (QED) is 0.830. The summed E-state index contributed by atoms with van der Waals surface area (Å²) in [5, 5.41) is 7.01. The highest BCUT2D eigenvalue weighted by atomic mass is 32.2. The van der Waals surface area contributed by atoms with Crippen LogP contribution in [0.2, 0.25) is 0 Å². The predicted molar refractivity (Wildman–Crippen MR) is 63.7 cm³/mol. The molecule has 1 aromatic heterocycles. The molecule has 1 unspecified atom stereocenters. The topological polar surface area (TPSA) is 94.3 Å². The van der Waals surface area contributed by atoms with E-state index in [0.29, 0.717) is 25.6 Å². The van der Waals surface area contributed by atoms with Crippen molar-refractivity contribution >= 4 is 9.84 Å². The maximum atomic E-state index is 11.7. The van der Waals surface area contributed by atoms with Crippen LogP contribution in [0, 0.1) is 0 Å². The molecule has 0 radical (unpaired) electrons. The maximum Gasteiger partial charge on any atom is 0.247 e. The normalized spacial score (nSPS) is 22.1. The van der Waals surface area contributed by atoms with Crippen molar-refractivity contribution in [3.63, 3.8) is 0 Å². The van der Waals surface area contributed by atoms with Gasteiger partial charge in [-0.15, -0.1) is 0 Å². The summed E-state index contributed by atoms with van der Waals surface area (Å²) in [7, 11) is -3.32. The summed E-state index contributed by atoms with van der Waals surface area (Å²) < 4.78 is 32.5. The molecule has 1 atom stereocenters. The van der Waals surface area contributed by atoms with E-state index in [1.807, 2.05) is 0 Å². The van der Waals surface area contributed by atoms with Gasteiger partial charge in [0.1, 0.15) is 4.75 Å². The zero-order chi connectivity index (χ0) is 13.4. The van der Waals surface area contributed by atoms with E-state index in [1.54, 1.807) is 13.8 Å². The second-order valence-corrected chi connectivity index (χ2v) is 7.39. The molecule has 0 saturated carbocycles. The fourth-order valence-corrected chi connectivity index (χ4v) is 1.91. The van der Waals surface area contributed by atoms with E-state index in [0.717, 1.165) is 6.26 Å². The first-order chi connectivity index (χ1) is 8.32. The van der Waals surface area contributed by atoms with Gasteiger partial charge in [-0.05, 0) is 13.8 Å². The third-order valence-corrected chi connectivity index (χ3v) is 5.15. The number of ether oxygens (including phenoxy) is 1. The Morgan fingerprint density at radius 1 is 1.44 bits per heavy atom. The minimum absolute atomic E-state index is 0.104. The first-order valence-corrected chi connectivity index (χ1v) is 7.56. The van der Waals surface area contributed by atoms with Crippen molar-refractivity contribution in [1.29, 1.82) is 0 Å². The molecule has 102 valence electrons. The highest BCUT2D eigenvalue weighted by Gasteiger charge is 2.39. The van der Waals surface area contributed by atoms with Crippen molar-refractivity contribution in [3.8, 4) is 0 Å². The van der Waals surface area contributed by atoms with Gasteiger partial charge < -0.3 is 14.6 Å². The first kappa shape index (κ1) is 13.4. The average Bonchev–Trinajstić information content (AvgIpc) is 2.78. The van der Waals surface area contributed by atoms with Gasteiger partial charge in [-0.3, -0.25) is 0 Å². The fourth-order valence-electron chi connectivity index (χ4n) is 1.51. The van der Waals surface area contributed by atoms with Crippen molar-refractivity contribution in [2.24, 2.45) is 0 Å². The van der Waals surface area contributed by atoms with E-state index in [-0.39, 0.29) is 11.9 Å². The van der Waals surface area contributed by atoms with Crippen molar-refractivity contribution in [1.82, 2.24) is 15.5 Å². The standard InChI is InChI=1S/C10H17N3O4S/c1-10(2,18(3,14)15)9-12-8(13-17-9)7-6-16-5-4-11-7/h7,11H,4-6H2,1-3H3. The molecule has 0 bridgehead atoms. The van der Waals surface area contributed by atoms with Gasteiger partial charge in [0.2, 0.25) is 5.89 Å². The summed E-state index contributed by atoms with van der Waals surface area (Å²) in [6.07, 6.45) is 1.15. The summed E-state index contributed by atoms with van der Waals surface area (Å²) in [6, 6.07) is -0.147. The number of hydrogen-bond acceptors (Lipinski definition) is 7. The smallest absolute Gasteiger partial charge is 0.247 e. The van der Waals surface area contributed by atoms with E-state index in [9.17, 15) is 8.42 Å². The Hall–Kier alpha value is -0.990. The van der Waals surface area contributed by atoms with E-state index in [1.165, 1.54) is 0 Å². The van der Waals surface area contributed by atoms with Gasteiger partial charge in [-0.1, -0.05) is 5.16 Å². The Kier molecular flexibility index (Phi) is 3.43. The van der Waals surface area contributed by atoms with Crippen LogP contribution in [0.25, 0.3) is 0 Å². The van der Waals surface area contributed by atoms with Gasteiger partial charge in [0.05, 0.1) is 19.3 Å². The summed E-state index contributed by atoms with van der Waals surface area (Å²) >= 11 is 0. The van der Waals surface area contributed by atoms with Gasteiger partial charge in [0.15, 0.2) is 15.7 Å². The number of sulfone groups is 1. The number of nitrogens with one attached hydrogen (secondary N) is 1. The maximum absolute atomic E-state index is 11.7. The van der Waals surface area contributed by atoms with Crippen LogP contribution in [-0.4, -0.2) is 44.6 Å². The molecule has 1 saturated heterocycles. The van der Waals surface area contributed by atoms with Crippen LogP contribution in [0.3, 0.4) is 0 Å². The number of aromatic nitrogens is 2. The molecular weight excluding hydrogens is 258 g/mol. The Labute approximate surface area is 106 Å². The molecule has 1 N–H and O–H groups in total. The monoisotopic (exact) mass is 275 g/mol. The lowest BCUT2D eigenvalue weighted by Gasteiger charge is -2.20. The Bertz CT molecular complexity index is 517. The van der Waals surface area contributed by atoms with Crippen LogP contribution < -0.4 is 5.32 Å². The van der Waals surface area contributed by atoms with Crippen LogP contribution in [0.5, 0.6) is 0 Å². The third-order valence-electron chi connectivity index (χ3n) is 3.12. The molecule has 0 spiro atoms. The van der Waals surface area contributed by atoms with E-state index >= 15 is 0 Å². The molecule has 8 heteroatoms. The average molecular weight is 275 g/mol. The fraction of sp³-hybridized carbons (Fsp3) is 0.800. The van der Waals surface area contributed by atoms with Crippen LogP contribution >= 0.6 is 0 Å². The number of nitrogens with zero attached hydrogens (tertiary/aromatic N) is 2. The second kappa shape index (κ2) is 4.60. The van der Waals surface area contributed by atoms with Gasteiger partial charge in [-0.25, -0.2) is 8.42 Å². The highest BCUT2D eigenvalue weighted by molar-refractivity contribution is 7.91. The lowest BCUT2D eigenvalue weighted by atomic mass is 10.2. The van der Waals surface area contributed by atoms with Crippen molar-refractivity contribution in [3.05, 3.63) is 11.7 Å². The lowest BCUT2D eigenvalue weighted by Crippen LogP contribution is -2.35. The van der Waals surface area contributed by atoms with Gasteiger partial charge in [0.25, 0.3) is 0 Å². The van der Waals surface area contributed by atoms with Gasteiger partial charge >= 0.3 is 0 Å². The molecule has 1 aliphatic rings. The van der Waals surface area contributed by atoms with Crippen LogP contribution in [-0.2, 0) is 19.3 Å².